The zero-order valence-corrected chi connectivity index (χ0v) is 12.5. The van der Waals surface area contributed by atoms with Gasteiger partial charge in [-0.05, 0) is 18.3 Å². The minimum atomic E-state index is -1.09. The highest BCUT2D eigenvalue weighted by Gasteiger charge is 2.25. The van der Waals surface area contributed by atoms with Crippen molar-refractivity contribution in [1.29, 1.82) is 0 Å². The maximum Gasteiger partial charge on any atom is 0.326 e. The second kappa shape index (κ2) is 8.39. The minimum absolute atomic E-state index is 0.131. The molecule has 1 unspecified atom stereocenters. The normalized spacial score (nSPS) is 12.3. The van der Waals surface area contributed by atoms with Crippen LogP contribution in [0.15, 0.2) is 0 Å². The SMILES string of the molecule is CC(C)CC(NC(=O)N(CC(N)=O)CC(C)C)C(=O)O. The molecular formula is C13H25N3O4. The molecule has 1 atom stereocenters. The van der Waals surface area contributed by atoms with Gasteiger partial charge in [-0.15, -0.1) is 0 Å². The summed E-state index contributed by atoms with van der Waals surface area (Å²) in [7, 11) is 0. The molecule has 7 heteroatoms. The molecule has 0 saturated carbocycles. The van der Waals surface area contributed by atoms with Crippen LogP contribution in [0.3, 0.4) is 0 Å². The van der Waals surface area contributed by atoms with Crippen LogP contribution in [0.25, 0.3) is 0 Å². The van der Waals surface area contributed by atoms with Crippen molar-refractivity contribution < 1.29 is 19.5 Å². The number of hydrogen-bond donors (Lipinski definition) is 3. The number of nitrogens with one attached hydrogen (secondary N) is 1. The summed E-state index contributed by atoms with van der Waals surface area (Å²) < 4.78 is 0. The van der Waals surface area contributed by atoms with Gasteiger partial charge in [-0.1, -0.05) is 27.7 Å². The van der Waals surface area contributed by atoms with Crippen LogP contribution in [0.4, 0.5) is 4.79 Å². The van der Waals surface area contributed by atoms with E-state index in [-0.39, 0.29) is 18.4 Å². The van der Waals surface area contributed by atoms with Crippen molar-refractivity contribution in [2.24, 2.45) is 17.6 Å². The van der Waals surface area contributed by atoms with Gasteiger partial charge in [-0.25, -0.2) is 9.59 Å². The molecule has 0 aromatic heterocycles. The Kier molecular flexibility index (Phi) is 7.64. The van der Waals surface area contributed by atoms with E-state index in [1.165, 1.54) is 4.90 Å². The monoisotopic (exact) mass is 287 g/mol. The topological polar surface area (TPSA) is 113 Å². The Morgan fingerprint density at radius 1 is 1.15 bits per heavy atom. The molecule has 0 spiro atoms. The molecule has 0 aromatic carbocycles. The van der Waals surface area contributed by atoms with Crippen LogP contribution in [0.2, 0.25) is 0 Å². The quantitative estimate of drug-likeness (QED) is 0.608. The summed E-state index contributed by atoms with van der Waals surface area (Å²) in [6, 6.07) is -1.55. The number of nitrogens with two attached hydrogens (primary N) is 1. The zero-order valence-electron chi connectivity index (χ0n) is 12.5. The predicted octanol–water partition coefficient (Wildman–Crippen LogP) is 0.639. The maximum absolute atomic E-state index is 12.1. The Morgan fingerprint density at radius 2 is 1.70 bits per heavy atom. The van der Waals surface area contributed by atoms with E-state index in [1.807, 2.05) is 27.7 Å². The molecule has 0 heterocycles. The molecule has 7 nitrogen and oxygen atoms in total. The Hall–Kier alpha value is -1.79. The van der Waals surface area contributed by atoms with Crippen LogP contribution in [0.5, 0.6) is 0 Å². The molecule has 20 heavy (non-hydrogen) atoms. The molecule has 0 aliphatic heterocycles. The molecule has 0 aliphatic carbocycles. The first-order valence-corrected chi connectivity index (χ1v) is 6.70. The number of amides is 3. The molecule has 4 N–H and O–H groups in total. The number of hydrogen-bond acceptors (Lipinski definition) is 3. The molecule has 0 aromatic rings. The van der Waals surface area contributed by atoms with E-state index in [9.17, 15) is 14.4 Å². The smallest absolute Gasteiger partial charge is 0.326 e. The number of urea groups is 1. The number of carbonyl (C=O) groups is 3. The van der Waals surface area contributed by atoms with Crippen molar-refractivity contribution in [3.8, 4) is 0 Å². The maximum atomic E-state index is 12.1. The van der Waals surface area contributed by atoms with Gasteiger partial charge in [-0.3, -0.25) is 4.79 Å². The summed E-state index contributed by atoms with van der Waals surface area (Å²) in [5.41, 5.74) is 5.10. The number of carboxylic acids is 1. The van der Waals surface area contributed by atoms with E-state index in [0.717, 1.165) is 0 Å². The third-order valence-electron chi connectivity index (χ3n) is 2.52. The summed E-state index contributed by atoms with van der Waals surface area (Å²) in [5, 5.41) is 11.5. The number of rotatable bonds is 8. The van der Waals surface area contributed by atoms with Gasteiger partial charge in [0.25, 0.3) is 0 Å². The molecule has 3 amide bonds. The lowest BCUT2D eigenvalue weighted by Gasteiger charge is -2.26. The second-order valence-corrected chi connectivity index (χ2v) is 5.71. The van der Waals surface area contributed by atoms with Gasteiger partial charge in [0.2, 0.25) is 5.91 Å². The average Bonchev–Trinajstić information content (AvgIpc) is 2.24. The molecule has 0 rings (SSSR count). The first kappa shape index (κ1) is 18.2. The third-order valence-corrected chi connectivity index (χ3v) is 2.52. The van der Waals surface area contributed by atoms with Crippen molar-refractivity contribution >= 4 is 17.9 Å². The molecule has 0 saturated heterocycles. The second-order valence-electron chi connectivity index (χ2n) is 5.71. The van der Waals surface area contributed by atoms with Crippen molar-refractivity contribution in [2.45, 2.75) is 40.2 Å². The highest BCUT2D eigenvalue weighted by molar-refractivity contribution is 5.86. The van der Waals surface area contributed by atoms with Gasteiger partial charge in [-0.2, -0.15) is 0 Å². The Labute approximate surface area is 119 Å². The summed E-state index contributed by atoms with van der Waals surface area (Å²) in [5.74, 6) is -1.44. The van der Waals surface area contributed by atoms with Crippen molar-refractivity contribution in [3.05, 3.63) is 0 Å². The predicted molar refractivity (Wildman–Crippen MR) is 75.0 cm³/mol. The highest BCUT2D eigenvalue weighted by atomic mass is 16.4. The fourth-order valence-electron chi connectivity index (χ4n) is 1.78. The lowest BCUT2D eigenvalue weighted by atomic mass is 10.0. The van der Waals surface area contributed by atoms with Crippen molar-refractivity contribution in [2.75, 3.05) is 13.1 Å². The van der Waals surface area contributed by atoms with Gasteiger partial charge >= 0.3 is 12.0 Å². The van der Waals surface area contributed by atoms with Crippen LogP contribution >= 0.6 is 0 Å². The third kappa shape index (κ3) is 7.60. The van der Waals surface area contributed by atoms with E-state index in [2.05, 4.69) is 5.32 Å². The lowest BCUT2D eigenvalue weighted by Crippen LogP contribution is -2.51. The van der Waals surface area contributed by atoms with Crippen molar-refractivity contribution in [1.82, 2.24) is 10.2 Å². The summed E-state index contributed by atoms with van der Waals surface area (Å²) >= 11 is 0. The summed E-state index contributed by atoms with van der Waals surface area (Å²) in [6.07, 6.45) is 0.327. The first-order chi connectivity index (χ1) is 9.13. The van der Waals surface area contributed by atoms with Gasteiger partial charge in [0, 0.05) is 6.54 Å². The fourth-order valence-corrected chi connectivity index (χ4v) is 1.78. The number of primary amides is 1. The molecule has 0 bridgehead atoms. The molecular weight excluding hydrogens is 262 g/mol. The molecule has 0 fully saturated rings. The highest BCUT2D eigenvalue weighted by Crippen LogP contribution is 2.06. The lowest BCUT2D eigenvalue weighted by molar-refractivity contribution is -0.139. The van der Waals surface area contributed by atoms with E-state index in [4.69, 9.17) is 10.8 Å². The van der Waals surface area contributed by atoms with Gasteiger partial charge in [0.1, 0.15) is 12.6 Å². The van der Waals surface area contributed by atoms with Crippen LogP contribution in [0, 0.1) is 11.8 Å². The van der Waals surface area contributed by atoms with Gasteiger partial charge < -0.3 is 21.1 Å². The summed E-state index contributed by atoms with van der Waals surface area (Å²) in [4.78, 5) is 35.4. The first-order valence-electron chi connectivity index (χ1n) is 6.70. The Bertz CT molecular complexity index is 356. The van der Waals surface area contributed by atoms with E-state index in [0.29, 0.717) is 13.0 Å². The minimum Gasteiger partial charge on any atom is -0.480 e. The van der Waals surface area contributed by atoms with Gasteiger partial charge in [0.05, 0.1) is 0 Å². The number of aliphatic carboxylic acids is 1. The number of carbonyl (C=O) groups excluding carboxylic acids is 2. The van der Waals surface area contributed by atoms with E-state index < -0.39 is 23.9 Å². The number of nitrogens with zero attached hydrogens (tertiary/aromatic N) is 1. The standard InChI is InChI=1S/C13H25N3O4/c1-8(2)5-10(12(18)19)15-13(20)16(6-9(3)4)7-11(14)17/h8-10H,5-7H2,1-4H3,(H2,14,17)(H,15,20)(H,18,19). The van der Waals surface area contributed by atoms with Crippen molar-refractivity contribution in [3.63, 3.8) is 0 Å². The summed E-state index contributed by atoms with van der Waals surface area (Å²) in [6.45, 7) is 7.64. The average molecular weight is 287 g/mol. The fraction of sp³-hybridized carbons (Fsp3) is 0.769. The number of carboxylic acid groups (broad SMARTS) is 1. The van der Waals surface area contributed by atoms with Crippen LogP contribution in [-0.4, -0.2) is 47.0 Å². The Balaban J connectivity index is 4.77. The van der Waals surface area contributed by atoms with Crippen LogP contribution in [-0.2, 0) is 9.59 Å². The largest absolute Gasteiger partial charge is 0.480 e. The molecule has 116 valence electrons. The zero-order chi connectivity index (χ0) is 15.9. The Morgan fingerprint density at radius 3 is 2.05 bits per heavy atom. The van der Waals surface area contributed by atoms with Crippen LogP contribution < -0.4 is 11.1 Å². The molecule has 0 aliphatic rings. The van der Waals surface area contributed by atoms with E-state index >= 15 is 0 Å². The van der Waals surface area contributed by atoms with E-state index in [1.54, 1.807) is 0 Å². The van der Waals surface area contributed by atoms with Gasteiger partial charge in [0.15, 0.2) is 0 Å². The molecule has 0 radical (unpaired) electrons. The van der Waals surface area contributed by atoms with Crippen LogP contribution in [0.1, 0.15) is 34.1 Å².